The molecule has 36 heavy (non-hydrogen) atoms. The van der Waals surface area contributed by atoms with Crippen LogP contribution in [-0.4, -0.2) is 45.1 Å². The summed E-state index contributed by atoms with van der Waals surface area (Å²) in [6.45, 7) is 5.47. The number of hydrogen-bond acceptors (Lipinski definition) is 8. The molecule has 1 aliphatic heterocycles. The van der Waals surface area contributed by atoms with Crippen molar-refractivity contribution in [2.75, 3.05) is 25.6 Å². The minimum absolute atomic E-state index is 0.282. The number of ether oxygens (including phenoxy) is 3. The second-order valence-electron chi connectivity index (χ2n) is 8.34. The summed E-state index contributed by atoms with van der Waals surface area (Å²) in [6.07, 6.45) is 5.65. The lowest BCUT2D eigenvalue weighted by Crippen LogP contribution is -2.15. The Labute approximate surface area is 208 Å². The topological polar surface area (TPSA) is 96.2 Å². The molecule has 0 aliphatic carbocycles. The Morgan fingerprint density at radius 3 is 2.81 bits per heavy atom. The third-order valence-electron chi connectivity index (χ3n) is 6.04. The molecule has 0 atom stereocenters. The fourth-order valence-corrected chi connectivity index (χ4v) is 4.26. The summed E-state index contributed by atoms with van der Waals surface area (Å²) < 4.78 is 33.5. The molecule has 0 bridgehead atoms. The molecule has 0 saturated carbocycles. The predicted octanol–water partition coefficient (Wildman–Crippen LogP) is 4.45. The molecule has 0 saturated heterocycles. The Bertz CT molecular complexity index is 1350. The van der Waals surface area contributed by atoms with Crippen LogP contribution in [0, 0.1) is 12.7 Å². The predicted molar refractivity (Wildman–Crippen MR) is 132 cm³/mol. The molecule has 0 amide bonds. The molecule has 1 N–H and O–H groups in total. The van der Waals surface area contributed by atoms with Crippen LogP contribution < -0.4 is 14.8 Å². The van der Waals surface area contributed by atoms with Gasteiger partial charge in [0.25, 0.3) is 0 Å². The number of aromatic nitrogens is 5. The summed E-state index contributed by atoms with van der Waals surface area (Å²) >= 11 is 0. The molecule has 0 spiro atoms. The van der Waals surface area contributed by atoms with Gasteiger partial charge in [0, 0.05) is 47.4 Å². The average Bonchev–Trinajstić information content (AvgIpc) is 3.25. The second-order valence-corrected chi connectivity index (χ2v) is 8.34. The van der Waals surface area contributed by atoms with Crippen molar-refractivity contribution in [3.05, 3.63) is 71.1 Å². The normalized spacial score (nSPS) is 12.8. The van der Waals surface area contributed by atoms with Crippen molar-refractivity contribution in [3.8, 4) is 23.0 Å². The van der Waals surface area contributed by atoms with Crippen LogP contribution in [0.4, 0.5) is 15.9 Å². The molecule has 1 aromatic carbocycles. The number of benzene rings is 1. The van der Waals surface area contributed by atoms with E-state index >= 15 is 4.39 Å². The minimum atomic E-state index is -0.319. The van der Waals surface area contributed by atoms with E-state index in [1.165, 1.54) is 6.07 Å². The molecule has 0 fully saturated rings. The maximum absolute atomic E-state index is 15.0. The first kappa shape index (κ1) is 23.7. The van der Waals surface area contributed by atoms with Crippen LogP contribution in [0.3, 0.4) is 0 Å². The molecule has 0 radical (unpaired) electrons. The summed E-state index contributed by atoms with van der Waals surface area (Å²) in [5.74, 6) is 1.63. The summed E-state index contributed by atoms with van der Waals surface area (Å²) in [7, 11) is 1.56. The zero-order chi connectivity index (χ0) is 25.1. The van der Waals surface area contributed by atoms with Crippen LogP contribution in [0.1, 0.15) is 29.3 Å². The SMILES string of the molecule is CCOc1cc(C)c(Cn2nc(-c3ncc(OC)c(Nc4ccncc4)n3)c3c2CCOC3)c(F)c1. The fraction of sp³-hybridized carbons (Fsp3) is 0.308. The number of methoxy groups -OCH3 is 1. The molecule has 9 nitrogen and oxygen atoms in total. The summed E-state index contributed by atoms with van der Waals surface area (Å²) in [5, 5.41) is 8.08. The molecule has 5 rings (SSSR count). The van der Waals surface area contributed by atoms with Crippen molar-refractivity contribution in [1.29, 1.82) is 0 Å². The highest BCUT2D eigenvalue weighted by Gasteiger charge is 2.25. The van der Waals surface area contributed by atoms with Gasteiger partial charge in [-0.25, -0.2) is 14.4 Å². The van der Waals surface area contributed by atoms with E-state index in [9.17, 15) is 0 Å². The van der Waals surface area contributed by atoms with Crippen molar-refractivity contribution >= 4 is 11.5 Å². The third kappa shape index (κ3) is 4.72. The lowest BCUT2D eigenvalue weighted by molar-refractivity contribution is 0.109. The summed E-state index contributed by atoms with van der Waals surface area (Å²) in [6, 6.07) is 6.94. The van der Waals surface area contributed by atoms with E-state index in [0.717, 1.165) is 22.5 Å². The highest BCUT2D eigenvalue weighted by atomic mass is 19.1. The van der Waals surface area contributed by atoms with E-state index in [-0.39, 0.29) is 12.4 Å². The Kier molecular flexibility index (Phi) is 6.77. The molecule has 4 aromatic rings. The number of fused-ring (bicyclic) bond motifs is 1. The summed E-state index contributed by atoms with van der Waals surface area (Å²) in [4.78, 5) is 13.3. The van der Waals surface area contributed by atoms with Crippen molar-refractivity contribution in [3.63, 3.8) is 0 Å². The standard InChI is InChI=1S/C26H27FN6O3/c1-4-36-18-11-16(2)19(21(27)12-18)14-33-22-7-10-35-15-20(22)24(32-33)26-29-13-23(34-3)25(31-26)30-17-5-8-28-9-6-17/h5-6,8-9,11-13H,4,7,10,14-15H2,1-3H3,(H,28,29,30,31). The molecular weight excluding hydrogens is 463 g/mol. The van der Waals surface area contributed by atoms with Crippen molar-refractivity contribution < 1.29 is 18.6 Å². The molecule has 3 aromatic heterocycles. The van der Waals surface area contributed by atoms with E-state index in [1.807, 2.05) is 36.7 Å². The smallest absolute Gasteiger partial charge is 0.182 e. The lowest BCUT2D eigenvalue weighted by atomic mass is 10.1. The van der Waals surface area contributed by atoms with E-state index in [0.29, 0.717) is 60.6 Å². The van der Waals surface area contributed by atoms with Crippen molar-refractivity contribution in [2.45, 2.75) is 33.4 Å². The van der Waals surface area contributed by atoms with Gasteiger partial charge >= 0.3 is 0 Å². The fourth-order valence-electron chi connectivity index (χ4n) is 4.26. The van der Waals surface area contributed by atoms with Gasteiger partial charge in [0.15, 0.2) is 17.4 Å². The number of halogens is 1. The van der Waals surface area contributed by atoms with Crippen molar-refractivity contribution in [2.24, 2.45) is 0 Å². The molecule has 10 heteroatoms. The largest absolute Gasteiger partial charge is 0.494 e. The van der Waals surface area contributed by atoms with Gasteiger partial charge < -0.3 is 19.5 Å². The van der Waals surface area contributed by atoms with Crippen LogP contribution in [0.5, 0.6) is 11.5 Å². The lowest BCUT2D eigenvalue weighted by Gasteiger charge is -2.16. The highest BCUT2D eigenvalue weighted by molar-refractivity contribution is 5.66. The summed E-state index contributed by atoms with van der Waals surface area (Å²) in [5.41, 5.74) is 4.69. The van der Waals surface area contributed by atoms with E-state index < -0.39 is 0 Å². The number of rotatable bonds is 8. The van der Waals surface area contributed by atoms with Gasteiger partial charge in [-0.1, -0.05) is 0 Å². The highest BCUT2D eigenvalue weighted by Crippen LogP contribution is 2.32. The molecule has 4 heterocycles. The van der Waals surface area contributed by atoms with Gasteiger partial charge in [-0.05, 0) is 37.6 Å². The van der Waals surface area contributed by atoms with Crippen LogP contribution in [0.2, 0.25) is 0 Å². The Hall–Kier alpha value is -4.05. The zero-order valence-electron chi connectivity index (χ0n) is 20.4. The first-order chi connectivity index (χ1) is 17.6. The Morgan fingerprint density at radius 1 is 1.22 bits per heavy atom. The van der Waals surface area contributed by atoms with Gasteiger partial charge in [0.2, 0.25) is 0 Å². The average molecular weight is 491 g/mol. The molecule has 1 aliphatic rings. The van der Waals surface area contributed by atoms with Gasteiger partial charge in [-0.15, -0.1) is 0 Å². The number of aryl methyl sites for hydroxylation is 1. The monoisotopic (exact) mass is 490 g/mol. The quantitative estimate of drug-likeness (QED) is 0.387. The maximum Gasteiger partial charge on any atom is 0.182 e. The molecule has 186 valence electrons. The molecular formula is C26H27FN6O3. The van der Waals surface area contributed by atoms with Crippen LogP contribution in [-0.2, 0) is 24.3 Å². The van der Waals surface area contributed by atoms with E-state index in [2.05, 4.69) is 15.3 Å². The van der Waals surface area contributed by atoms with Crippen LogP contribution in [0.15, 0.2) is 42.9 Å². The van der Waals surface area contributed by atoms with Crippen LogP contribution >= 0.6 is 0 Å². The van der Waals surface area contributed by atoms with E-state index in [4.69, 9.17) is 24.3 Å². The number of anilines is 2. The van der Waals surface area contributed by atoms with Crippen LogP contribution in [0.25, 0.3) is 11.5 Å². The Morgan fingerprint density at radius 2 is 2.06 bits per heavy atom. The molecule has 0 unspecified atom stereocenters. The number of hydrogen-bond donors (Lipinski definition) is 1. The first-order valence-electron chi connectivity index (χ1n) is 11.7. The number of pyridine rings is 1. The van der Waals surface area contributed by atoms with Crippen molar-refractivity contribution in [1.82, 2.24) is 24.7 Å². The van der Waals surface area contributed by atoms with Gasteiger partial charge in [0.1, 0.15) is 17.3 Å². The number of nitrogens with zero attached hydrogens (tertiary/aromatic N) is 5. The first-order valence-corrected chi connectivity index (χ1v) is 11.7. The van der Waals surface area contributed by atoms with E-state index in [1.54, 1.807) is 25.7 Å². The van der Waals surface area contributed by atoms with Gasteiger partial charge in [0.05, 0.1) is 39.7 Å². The van der Waals surface area contributed by atoms with Gasteiger partial charge in [-0.2, -0.15) is 5.10 Å². The third-order valence-corrected chi connectivity index (χ3v) is 6.04. The Balaban J connectivity index is 1.53. The second kappa shape index (κ2) is 10.3. The zero-order valence-corrected chi connectivity index (χ0v) is 20.4. The minimum Gasteiger partial charge on any atom is -0.494 e. The number of nitrogens with one attached hydrogen (secondary N) is 1. The van der Waals surface area contributed by atoms with Gasteiger partial charge in [-0.3, -0.25) is 9.67 Å². The maximum atomic E-state index is 15.0.